The lowest BCUT2D eigenvalue weighted by Crippen LogP contribution is -2.25. The maximum Gasteiger partial charge on any atom is 0.129 e. The van der Waals surface area contributed by atoms with Crippen molar-refractivity contribution in [1.29, 1.82) is 0 Å². The second kappa shape index (κ2) is 4.71. The van der Waals surface area contributed by atoms with Crippen LogP contribution >= 0.6 is 0 Å². The average Bonchev–Trinajstić information content (AvgIpc) is 2.14. The molecule has 84 valence electrons. The van der Waals surface area contributed by atoms with Gasteiger partial charge in [-0.3, -0.25) is 0 Å². The van der Waals surface area contributed by atoms with Crippen LogP contribution in [0.15, 0.2) is 18.2 Å². The smallest absolute Gasteiger partial charge is 0.129 e. The van der Waals surface area contributed by atoms with E-state index in [1.165, 1.54) is 18.2 Å². The standard InChI is InChI=1S/C12H17F2N/c1-12(2,7-8-15-3)11-9(13)5-4-6-10(11)14/h4-6,15H,7-8H2,1-3H3. The summed E-state index contributed by atoms with van der Waals surface area (Å²) in [5, 5.41) is 2.99. The highest BCUT2D eigenvalue weighted by Gasteiger charge is 2.26. The highest BCUT2D eigenvalue weighted by Crippen LogP contribution is 2.30. The predicted octanol–water partition coefficient (Wildman–Crippen LogP) is 2.85. The molecule has 0 unspecified atom stereocenters. The summed E-state index contributed by atoms with van der Waals surface area (Å²) in [4.78, 5) is 0. The molecule has 0 aliphatic carbocycles. The molecule has 3 heteroatoms. The van der Waals surface area contributed by atoms with E-state index >= 15 is 0 Å². The third-order valence-corrected chi connectivity index (χ3v) is 2.64. The monoisotopic (exact) mass is 213 g/mol. The van der Waals surface area contributed by atoms with Crippen LogP contribution in [0.3, 0.4) is 0 Å². The summed E-state index contributed by atoms with van der Waals surface area (Å²) >= 11 is 0. The normalized spacial score (nSPS) is 11.8. The van der Waals surface area contributed by atoms with E-state index in [0.717, 1.165) is 6.54 Å². The summed E-state index contributed by atoms with van der Waals surface area (Å²) < 4.78 is 27.0. The molecule has 0 amide bonds. The molecule has 0 bridgehead atoms. The Balaban J connectivity index is 3.03. The van der Waals surface area contributed by atoms with Gasteiger partial charge < -0.3 is 5.32 Å². The molecule has 1 aromatic rings. The molecular weight excluding hydrogens is 196 g/mol. The first-order valence-electron chi connectivity index (χ1n) is 5.08. The fourth-order valence-electron chi connectivity index (χ4n) is 1.71. The van der Waals surface area contributed by atoms with E-state index in [2.05, 4.69) is 5.32 Å². The largest absolute Gasteiger partial charge is 0.320 e. The molecule has 1 nitrogen and oxygen atoms in total. The van der Waals surface area contributed by atoms with Gasteiger partial charge in [-0.1, -0.05) is 19.9 Å². The third-order valence-electron chi connectivity index (χ3n) is 2.64. The van der Waals surface area contributed by atoms with Crippen LogP contribution in [0.5, 0.6) is 0 Å². The van der Waals surface area contributed by atoms with Gasteiger partial charge in [-0.25, -0.2) is 8.78 Å². The van der Waals surface area contributed by atoms with Gasteiger partial charge in [0.15, 0.2) is 0 Å². The highest BCUT2D eigenvalue weighted by molar-refractivity contribution is 5.27. The molecule has 0 saturated heterocycles. The number of hydrogen-bond donors (Lipinski definition) is 1. The van der Waals surface area contributed by atoms with Crippen molar-refractivity contribution in [3.8, 4) is 0 Å². The van der Waals surface area contributed by atoms with Crippen LogP contribution in [-0.4, -0.2) is 13.6 Å². The van der Waals surface area contributed by atoms with Gasteiger partial charge in [0.2, 0.25) is 0 Å². The quantitative estimate of drug-likeness (QED) is 0.811. The van der Waals surface area contributed by atoms with E-state index in [0.29, 0.717) is 6.42 Å². The Labute approximate surface area is 89.5 Å². The van der Waals surface area contributed by atoms with Gasteiger partial charge in [0, 0.05) is 5.56 Å². The Morgan fingerprint density at radius 2 is 1.73 bits per heavy atom. The van der Waals surface area contributed by atoms with Crippen LogP contribution < -0.4 is 5.32 Å². The predicted molar refractivity (Wildman–Crippen MR) is 57.9 cm³/mol. The molecule has 0 aromatic heterocycles. The molecule has 0 aliphatic heterocycles. The lowest BCUT2D eigenvalue weighted by atomic mass is 9.81. The van der Waals surface area contributed by atoms with E-state index in [1.54, 1.807) is 0 Å². The summed E-state index contributed by atoms with van der Waals surface area (Å²) in [6.45, 7) is 4.44. The van der Waals surface area contributed by atoms with Crippen LogP contribution in [0.4, 0.5) is 8.78 Å². The minimum absolute atomic E-state index is 0.181. The van der Waals surface area contributed by atoms with Crippen molar-refractivity contribution in [2.75, 3.05) is 13.6 Å². The maximum atomic E-state index is 13.5. The molecule has 1 rings (SSSR count). The minimum atomic E-state index is -0.488. The Morgan fingerprint density at radius 3 is 2.20 bits per heavy atom. The number of halogens is 2. The fourth-order valence-corrected chi connectivity index (χ4v) is 1.71. The first-order valence-corrected chi connectivity index (χ1v) is 5.08. The number of rotatable bonds is 4. The van der Waals surface area contributed by atoms with Crippen LogP contribution in [0, 0.1) is 11.6 Å². The first kappa shape index (κ1) is 12.1. The zero-order valence-electron chi connectivity index (χ0n) is 9.40. The fraction of sp³-hybridized carbons (Fsp3) is 0.500. The van der Waals surface area contributed by atoms with Gasteiger partial charge in [0.25, 0.3) is 0 Å². The minimum Gasteiger partial charge on any atom is -0.320 e. The van der Waals surface area contributed by atoms with Gasteiger partial charge in [-0.05, 0) is 37.6 Å². The van der Waals surface area contributed by atoms with E-state index in [4.69, 9.17) is 0 Å². The Hall–Kier alpha value is -0.960. The number of hydrogen-bond acceptors (Lipinski definition) is 1. The molecule has 0 fully saturated rings. The average molecular weight is 213 g/mol. The topological polar surface area (TPSA) is 12.0 Å². The Morgan fingerprint density at radius 1 is 1.20 bits per heavy atom. The zero-order chi connectivity index (χ0) is 11.5. The zero-order valence-corrected chi connectivity index (χ0v) is 9.40. The molecule has 0 aliphatic rings. The van der Waals surface area contributed by atoms with Crippen molar-refractivity contribution in [1.82, 2.24) is 5.32 Å². The van der Waals surface area contributed by atoms with Gasteiger partial charge in [0.1, 0.15) is 11.6 Å². The molecule has 0 atom stereocenters. The highest BCUT2D eigenvalue weighted by atomic mass is 19.1. The molecule has 0 radical (unpaired) electrons. The van der Waals surface area contributed by atoms with Gasteiger partial charge in [-0.2, -0.15) is 0 Å². The van der Waals surface area contributed by atoms with Crippen LogP contribution in [0.1, 0.15) is 25.8 Å². The lowest BCUT2D eigenvalue weighted by molar-refractivity contribution is 0.415. The molecular formula is C12H17F2N. The molecule has 0 spiro atoms. The van der Waals surface area contributed by atoms with Gasteiger partial charge in [0.05, 0.1) is 0 Å². The van der Waals surface area contributed by atoms with Crippen LogP contribution in [0.2, 0.25) is 0 Å². The summed E-state index contributed by atoms with van der Waals surface area (Å²) in [5.74, 6) is -0.924. The lowest BCUT2D eigenvalue weighted by Gasteiger charge is -2.26. The van der Waals surface area contributed by atoms with Crippen molar-refractivity contribution in [3.05, 3.63) is 35.4 Å². The maximum absolute atomic E-state index is 13.5. The summed E-state index contributed by atoms with van der Waals surface area (Å²) in [6, 6.07) is 4.00. The van der Waals surface area contributed by atoms with Crippen molar-refractivity contribution < 1.29 is 8.78 Å². The first-order chi connectivity index (χ1) is 6.99. The summed E-state index contributed by atoms with van der Waals surface area (Å²) in [6.07, 6.45) is 0.696. The summed E-state index contributed by atoms with van der Waals surface area (Å²) in [5.41, 5.74) is -0.307. The van der Waals surface area contributed by atoms with Crippen molar-refractivity contribution in [3.63, 3.8) is 0 Å². The van der Waals surface area contributed by atoms with Crippen molar-refractivity contribution in [2.45, 2.75) is 25.7 Å². The van der Waals surface area contributed by atoms with Crippen molar-refractivity contribution in [2.24, 2.45) is 0 Å². The molecule has 1 N–H and O–H groups in total. The molecule has 0 saturated carbocycles. The van der Waals surface area contributed by atoms with Gasteiger partial charge >= 0.3 is 0 Å². The van der Waals surface area contributed by atoms with E-state index in [1.807, 2.05) is 20.9 Å². The number of nitrogens with one attached hydrogen (secondary N) is 1. The molecule has 15 heavy (non-hydrogen) atoms. The summed E-state index contributed by atoms with van der Waals surface area (Å²) in [7, 11) is 1.83. The second-order valence-electron chi connectivity index (χ2n) is 4.33. The SMILES string of the molecule is CNCCC(C)(C)c1c(F)cccc1F. The van der Waals surface area contributed by atoms with E-state index in [-0.39, 0.29) is 5.56 Å². The van der Waals surface area contributed by atoms with Crippen LogP contribution in [0.25, 0.3) is 0 Å². The van der Waals surface area contributed by atoms with E-state index in [9.17, 15) is 8.78 Å². The van der Waals surface area contributed by atoms with Crippen LogP contribution in [-0.2, 0) is 5.41 Å². The van der Waals surface area contributed by atoms with E-state index < -0.39 is 17.0 Å². The Bertz CT molecular complexity index is 314. The third kappa shape index (κ3) is 2.75. The second-order valence-corrected chi connectivity index (χ2v) is 4.33. The number of benzene rings is 1. The molecule has 0 heterocycles. The van der Waals surface area contributed by atoms with Gasteiger partial charge in [-0.15, -0.1) is 0 Å². The van der Waals surface area contributed by atoms with Crippen molar-refractivity contribution >= 4 is 0 Å². The molecule has 1 aromatic carbocycles. The Kier molecular flexibility index (Phi) is 3.80.